The lowest BCUT2D eigenvalue weighted by molar-refractivity contribution is 0.102. The Balaban J connectivity index is 2.24. The van der Waals surface area contributed by atoms with Gasteiger partial charge in [-0.1, -0.05) is 4.49 Å². The summed E-state index contributed by atoms with van der Waals surface area (Å²) in [5.74, 6) is 0.0531. The van der Waals surface area contributed by atoms with Gasteiger partial charge >= 0.3 is 0 Å². The summed E-state index contributed by atoms with van der Waals surface area (Å²) in [4.78, 5) is 11.8. The molecule has 0 aliphatic rings. The molecule has 1 amide bonds. The highest BCUT2D eigenvalue weighted by molar-refractivity contribution is 7.03. The van der Waals surface area contributed by atoms with E-state index in [1.165, 1.54) is 7.11 Å². The van der Waals surface area contributed by atoms with E-state index in [1.54, 1.807) is 23.6 Å². The van der Waals surface area contributed by atoms with Crippen LogP contribution in [-0.4, -0.2) is 22.6 Å². The summed E-state index contributed by atoms with van der Waals surface area (Å²) in [5.41, 5.74) is 1.18. The number of methoxy groups -OCH3 is 1. The van der Waals surface area contributed by atoms with Gasteiger partial charge in [-0.25, -0.2) is 0 Å². The Morgan fingerprint density at radius 3 is 3.00 bits per heavy atom. The number of carbonyl (C=O) groups excluding carboxylic acids is 1. The Kier molecular flexibility index (Phi) is 3.50. The molecule has 90 valence electrons. The van der Waals surface area contributed by atoms with Gasteiger partial charge in [0.15, 0.2) is 5.69 Å². The van der Waals surface area contributed by atoms with Crippen LogP contribution in [0.15, 0.2) is 23.6 Å². The molecule has 0 bridgehead atoms. The van der Waals surface area contributed by atoms with Crippen LogP contribution in [0, 0.1) is 11.3 Å². The van der Waals surface area contributed by atoms with Crippen LogP contribution in [0.3, 0.4) is 0 Å². The van der Waals surface area contributed by atoms with Crippen molar-refractivity contribution in [3.05, 3.63) is 34.8 Å². The van der Waals surface area contributed by atoms with Gasteiger partial charge in [0, 0.05) is 11.4 Å². The van der Waals surface area contributed by atoms with Crippen molar-refractivity contribution in [3.63, 3.8) is 0 Å². The molecule has 2 aromatic rings. The third-order valence-corrected chi connectivity index (χ3v) is 2.68. The number of nitrogens with one attached hydrogen (secondary N) is 1. The molecule has 0 saturated carbocycles. The molecule has 0 fully saturated rings. The maximum Gasteiger partial charge on any atom is 0.277 e. The summed E-state index contributed by atoms with van der Waals surface area (Å²) in [6.07, 6.45) is 0. The van der Waals surface area contributed by atoms with Crippen molar-refractivity contribution in [2.45, 2.75) is 0 Å². The topological polar surface area (TPSA) is 87.9 Å². The molecule has 18 heavy (non-hydrogen) atoms. The molecule has 1 aromatic carbocycles. The molecule has 0 atom stereocenters. The molecule has 0 spiro atoms. The number of nitriles is 1. The van der Waals surface area contributed by atoms with Crippen LogP contribution in [0.1, 0.15) is 16.1 Å². The number of carbonyl (C=O) groups is 1. The van der Waals surface area contributed by atoms with E-state index in [9.17, 15) is 4.79 Å². The molecule has 6 nitrogen and oxygen atoms in total. The van der Waals surface area contributed by atoms with Gasteiger partial charge in [-0.15, -0.1) is 5.10 Å². The molecule has 7 heteroatoms. The maximum absolute atomic E-state index is 11.8. The van der Waals surface area contributed by atoms with Crippen molar-refractivity contribution in [1.82, 2.24) is 9.59 Å². The molecule has 0 aliphatic heterocycles. The molecular formula is C11H8N4O2S. The highest BCUT2D eigenvalue weighted by Crippen LogP contribution is 2.25. The predicted molar refractivity (Wildman–Crippen MR) is 65.6 cm³/mol. The van der Waals surface area contributed by atoms with Gasteiger partial charge in [0.2, 0.25) is 0 Å². The van der Waals surface area contributed by atoms with Crippen LogP contribution >= 0.6 is 11.5 Å². The Hall–Kier alpha value is -2.46. The second-order valence-electron chi connectivity index (χ2n) is 3.27. The summed E-state index contributed by atoms with van der Waals surface area (Å²) >= 11 is 1.10. The van der Waals surface area contributed by atoms with Crippen molar-refractivity contribution < 1.29 is 9.53 Å². The lowest BCUT2D eigenvalue weighted by Crippen LogP contribution is -2.13. The second-order valence-corrected chi connectivity index (χ2v) is 3.88. The van der Waals surface area contributed by atoms with Crippen LogP contribution in [0.4, 0.5) is 5.69 Å². The fraction of sp³-hybridized carbons (Fsp3) is 0.0909. The number of anilines is 1. The third kappa shape index (κ3) is 2.44. The van der Waals surface area contributed by atoms with E-state index in [-0.39, 0.29) is 11.6 Å². The predicted octanol–water partition coefficient (Wildman–Crippen LogP) is 1.67. The van der Waals surface area contributed by atoms with Crippen molar-refractivity contribution in [1.29, 1.82) is 5.26 Å². The van der Waals surface area contributed by atoms with E-state index < -0.39 is 0 Å². The number of ether oxygens (including phenoxy) is 1. The van der Waals surface area contributed by atoms with Gasteiger partial charge in [-0.05, 0) is 23.7 Å². The fourth-order valence-electron chi connectivity index (χ4n) is 1.31. The number of hydrogen-bond acceptors (Lipinski definition) is 6. The number of aromatic nitrogens is 2. The highest BCUT2D eigenvalue weighted by Gasteiger charge is 2.12. The number of benzene rings is 1. The lowest BCUT2D eigenvalue weighted by atomic mass is 10.2. The molecule has 0 unspecified atom stereocenters. The smallest absolute Gasteiger partial charge is 0.277 e. The number of hydrogen-bond donors (Lipinski definition) is 1. The van der Waals surface area contributed by atoms with Crippen LogP contribution in [0.2, 0.25) is 0 Å². The van der Waals surface area contributed by atoms with Crippen molar-refractivity contribution in [2.75, 3.05) is 12.4 Å². The summed E-state index contributed by atoms with van der Waals surface area (Å²) in [6.45, 7) is 0. The Morgan fingerprint density at radius 1 is 1.56 bits per heavy atom. The minimum Gasteiger partial charge on any atom is -0.495 e. The summed E-state index contributed by atoms with van der Waals surface area (Å²) < 4.78 is 8.72. The first-order chi connectivity index (χ1) is 8.74. The van der Waals surface area contributed by atoms with Gasteiger partial charge < -0.3 is 10.1 Å². The molecule has 1 N–H and O–H groups in total. The molecule has 2 rings (SSSR count). The third-order valence-electron chi connectivity index (χ3n) is 2.17. The molecular weight excluding hydrogens is 252 g/mol. The zero-order valence-electron chi connectivity index (χ0n) is 9.38. The summed E-state index contributed by atoms with van der Waals surface area (Å²) in [5, 5.41) is 16.6. The number of rotatable bonds is 3. The Bertz CT molecular complexity index is 604. The molecule has 1 aromatic heterocycles. The van der Waals surface area contributed by atoms with E-state index >= 15 is 0 Å². The zero-order chi connectivity index (χ0) is 13.0. The monoisotopic (exact) mass is 260 g/mol. The minimum absolute atomic E-state index is 0.242. The van der Waals surface area contributed by atoms with E-state index in [4.69, 9.17) is 10.00 Å². The molecule has 0 radical (unpaired) electrons. The van der Waals surface area contributed by atoms with Crippen LogP contribution < -0.4 is 10.1 Å². The quantitative estimate of drug-likeness (QED) is 0.906. The first kappa shape index (κ1) is 12.0. The van der Waals surface area contributed by atoms with Crippen molar-refractivity contribution >= 4 is 23.1 Å². The van der Waals surface area contributed by atoms with Gasteiger partial charge in [0.05, 0.1) is 24.4 Å². The maximum atomic E-state index is 11.8. The van der Waals surface area contributed by atoms with E-state index in [0.717, 1.165) is 11.5 Å². The van der Waals surface area contributed by atoms with Crippen molar-refractivity contribution in [3.8, 4) is 11.8 Å². The van der Waals surface area contributed by atoms with Gasteiger partial charge in [0.25, 0.3) is 5.91 Å². The van der Waals surface area contributed by atoms with Gasteiger partial charge in [-0.3, -0.25) is 4.79 Å². The summed E-state index contributed by atoms with van der Waals surface area (Å²) in [6, 6.07) is 6.75. The fourth-order valence-corrected chi connectivity index (χ4v) is 1.75. The largest absolute Gasteiger partial charge is 0.495 e. The van der Waals surface area contributed by atoms with E-state index in [1.807, 2.05) is 6.07 Å². The van der Waals surface area contributed by atoms with Gasteiger partial charge in [-0.2, -0.15) is 5.26 Å². The first-order valence-electron chi connectivity index (χ1n) is 4.91. The average molecular weight is 260 g/mol. The summed E-state index contributed by atoms with van der Waals surface area (Å²) in [7, 11) is 1.47. The zero-order valence-corrected chi connectivity index (χ0v) is 10.2. The lowest BCUT2D eigenvalue weighted by Gasteiger charge is -2.09. The first-order valence-corrected chi connectivity index (χ1v) is 5.75. The van der Waals surface area contributed by atoms with Gasteiger partial charge in [0.1, 0.15) is 5.75 Å². The minimum atomic E-state index is -0.369. The highest BCUT2D eigenvalue weighted by atomic mass is 32.1. The van der Waals surface area contributed by atoms with Crippen LogP contribution in [0.25, 0.3) is 0 Å². The average Bonchev–Trinajstić information content (AvgIpc) is 2.93. The molecule has 0 aliphatic carbocycles. The van der Waals surface area contributed by atoms with E-state index in [2.05, 4.69) is 14.9 Å². The van der Waals surface area contributed by atoms with E-state index in [0.29, 0.717) is 17.0 Å². The number of amides is 1. The van der Waals surface area contributed by atoms with Crippen LogP contribution in [-0.2, 0) is 0 Å². The number of nitrogens with zero attached hydrogens (tertiary/aromatic N) is 3. The normalized spacial score (nSPS) is 9.56. The second kappa shape index (κ2) is 5.25. The molecule has 0 saturated heterocycles. The van der Waals surface area contributed by atoms with Crippen LogP contribution in [0.5, 0.6) is 5.75 Å². The standard InChI is InChI=1S/C11H8N4O2S/c1-17-10-4-7(5-12)2-3-8(10)13-11(16)9-6-18-15-14-9/h2-4,6H,1H3,(H,13,16). The van der Waals surface area contributed by atoms with Crippen molar-refractivity contribution in [2.24, 2.45) is 0 Å². The molecule has 1 heterocycles. The SMILES string of the molecule is COc1cc(C#N)ccc1NC(=O)c1csnn1. The Morgan fingerprint density at radius 2 is 2.39 bits per heavy atom. The Labute approximate surface area is 107 Å².